The van der Waals surface area contributed by atoms with Crippen LogP contribution in [0, 0.1) is 11.6 Å². The summed E-state index contributed by atoms with van der Waals surface area (Å²) < 4.78 is 37.8. The third kappa shape index (κ3) is 3.19. The van der Waals surface area contributed by atoms with Crippen molar-refractivity contribution in [3.63, 3.8) is 0 Å². The van der Waals surface area contributed by atoms with E-state index in [2.05, 4.69) is 0 Å². The van der Waals surface area contributed by atoms with E-state index in [1.54, 1.807) is 24.3 Å². The molecule has 0 aliphatic carbocycles. The smallest absolute Gasteiger partial charge is 0.141 e. The Hall–Kier alpha value is -1.40. The molecule has 106 valence electrons. The first kappa shape index (κ1) is 15.0. The van der Waals surface area contributed by atoms with Crippen LogP contribution in [0.25, 0.3) is 0 Å². The molecule has 0 amide bonds. The molecule has 0 atom stereocenters. The molecule has 2 rings (SSSR count). The van der Waals surface area contributed by atoms with Crippen molar-refractivity contribution >= 4 is 21.6 Å². The molecule has 0 aromatic heterocycles. The van der Waals surface area contributed by atoms with Gasteiger partial charge in [0.25, 0.3) is 0 Å². The minimum absolute atomic E-state index is 0.324. The van der Waals surface area contributed by atoms with Crippen molar-refractivity contribution in [3.8, 4) is 11.5 Å². The van der Waals surface area contributed by atoms with Gasteiger partial charge in [0.05, 0.1) is 24.0 Å². The molecule has 2 aromatic rings. The second-order valence-corrected chi connectivity index (χ2v) is 5.86. The summed E-state index contributed by atoms with van der Waals surface area (Å²) in [4.78, 5) is 0.649. The van der Waals surface area contributed by atoms with Gasteiger partial charge in [0.15, 0.2) is 0 Å². The van der Waals surface area contributed by atoms with Crippen molar-refractivity contribution in [2.24, 2.45) is 0 Å². The maximum atomic E-state index is 13.8. The van der Waals surface area contributed by atoms with Gasteiger partial charge in [-0.15, -0.1) is 0 Å². The number of benzene rings is 2. The molecule has 0 saturated heterocycles. The summed E-state index contributed by atoms with van der Waals surface area (Å²) in [5, 5.41) is 0. The van der Waals surface area contributed by atoms with Gasteiger partial charge >= 0.3 is 0 Å². The number of hydrogen-bond donors (Lipinski definition) is 0. The molecular weight excluding hydrogens is 302 g/mol. The third-order valence-corrected chi connectivity index (χ3v) is 4.97. The molecule has 0 heterocycles. The minimum Gasteiger partial charge on any atom is -0.495 e. The molecular formula is C14H12F2O2S2. The van der Waals surface area contributed by atoms with Crippen LogP contribution in [0.5, 0.6) is 11.5 Å². The molecule has 0 N–H and O–H groups in total. The minimum atomic E-state index is -0.405. The summed E-state index contributed by atoms with van der Waals surface area (Å²) in [5.41, 5.74) is 0. The van der Waals surface area contributed by atoms with Gasteiger partial charge < -0.3 is 9.47 Å². The van der Waals surface area contributed by atoms with Gasteiger partial charge in [-0.3, -0.25) is 0 Å². The molecule has 2 aromatic carbocycles. The van der Waals surface area contributed by atoms with Crippen molar-refractivity contribution in [2.75, 3.05) is 14.2 Å². The van der Waals surface area contributed by atoms with Gasteiger partial charge in [0.2, 0.25) is 0 Å². The second-order valence-electron chi connectivity index (χ2n) is 3.71. The average Bonchev–Trinajstić information content (AvgIpc) is 2.46. The fraction of sp³-hybridized carbons (Fsp3) is 0.143. The molecule has 0 unspecified atom stereocenters. The number of ether oxygens (including phenoxy) is 2. The highest BCUT2D eigenvalue weighted by Gasteiger charge is 2.15. The van der Waals surface area contributed by atoms with Gasteiger partial charge in [0, 0.05) is 0 Å². The van der Waals surface area contributed by atoms with Crippen LogP contribution in [0.1, 0.15) is 0 Å². The number of methoxy groups -OCH3 is 2. The molecule has 0 saturated carbocycles. The Balaban J connectivity index is 2.26. The van der Waals surface area contributed by atoms with Crippen molar-refractivity contribution in [1.82, 2.24) is 0 Å². The van der Waals surface area contributed by atoms with E-state index < -0.39 is 11.6 Å². The van der Waals surface area contributed by atoms with Gasteiger partial charge in [-0.05, 0) is 45.9 Å². The van der Waals surface area contributed by atoms with Crippen LogP contribution in [0.15, 0.2) is 46.2 Å². The monoisotopic (exact) mass is 314 g/mol. The molecule has 0 bridgehead atoms. The lowest BCUT2D eigenvalue weighted by atomic mass is 10.3. The Morgan fingerprint density at radius 3 is 1.50 bits per heavy atom. The van der Waals surface area contributed by atoms with Crippen molar-refractivity contribution < 1.29 is 18.3 Å². The Morgan fingerprint density at radius 1 is 0.750 bits per heavy atom. The van der Waals surface area contributed by atoms with E-state index in [0.29, 0.717) is 21.3 Å². The highest BCUT2D eigenvalue weighted by molar-refractivity contribution is 8.76. The summed E-state index contributed by atoms with van der Waals surface area (Å²) in [6.45, 7) is 0. The van der Waals surface area contributed by atoms with Crippen molar-refractivity contribution in [2.45, 2.75) is 9.79 Å². The first-order valence-corrected chi connectivity index (χ1v) is 7.82. The predicted octanol–water partition coefficient (Wildman–Crippen LogP) is 4.78. The van der Waals surface area contributed by atoms with Gasteiger partial charge in [0.1, 0.15) is 23.1 Å². The number of hydrogen-bond acceptors (Lipinski definition) is 4. The van der Waals surface area contributed by atoms with E-state index in [-0.39, 0.29) is 0 Å². The molecule has 20 heavy (non-hydrogen) atoms. The van der Waals surface area contributed by atoms with Gasteiger partial charge in [-0.2, -0.15) is 0 Å². The maximum Gasteiger partial charge on any atom is 0.141 e. The first-order chi connectivity index (χ1) is 9.67. The van der Waals surface area contributed by atoms with Crippen LogP contribution >= 0.6 is 21.6 Å². The Bertz CT molecular complexity index is 552. The fourth-order valence-electron chi connectivity index (χ4n) is 1.54. The second kappa shape index (κ2) is 6.85. The van der Waals surface area contributed by atoms with Crippen LogP contribution in [-0.4, -0.2) is 14.2 Å². The molecule has 0 aliphatic rings. The summed E-state index contributed by atoms with van der Waals surface area (Å²) in [6, 6.07) is 9.11. The van der Waals surface area contributed by atoms with Crippen LogP contribution in [0.4, 0.5) is 8.78 Å². The lowest BCUT2D eigenvalue weighted by Gasteiger charge is -2.10. The SMILES string of the molecule is COc1cccc(F)c1SSc1c(F)cccc1OC. The maximum absolute atomic E-state index is 13.8. The highest BCUT2D eigenvalue weighted by atomic mass is 33.1. The lowest BCUT2D eigenvalue weighted by molar-refractivity contribution is 0.397. The molecule has 2 nitrogen and oxygen atoms in total. The molecule has 0 spiro atoms. The van der Waals surface area contributed by atoms with E-state index >= 15 is 0 Å². The Morgan fingerprint density at radius 2 is 1.15 bits per heavy atom. The number of rotatable bonds is 5. The van der Waals surface area contributed by atoms with E-state index in [4.69, 9.17) is 9.47 Å². The molecule has 0 aliphatic heterocycles. The number of halogens is 2. The molecule has 0 fully saturated rings. The van der Waals surface area contributed by atoms with Crippen molar-refractivity contribution in [1.29, 1.82) is 0 Å². The zero-order valence-electron chi connectivity index (χ0n) is 10.9. The van der Waals surface area contributed by atoms with E-state index in [0.717, 1.165) is 21.6 Å². The molecule has 0 radical (unpaired) electrons. The normalized spacial score (nSPS) is 10.4. The zero-order valence-corrected chi connectivity index (χ0v) is 12.5. The van der Waals surface area contributed by atoms with Crippen LogP contribution < -0.4 is 9.47 Å². The predicted molar refractivity (Wildman–Crippen MR) is 77.6 cm³/mol. The molecule has 6 heteroatoms. The average molecular weight is 314 g/mol. The summed E-state index contributed by atoms with van der Waals surface area (Å²) in [6.07, 6.45) is 0. The van der Waals surface area contributed by atoms with Crippen LogP contribution in [0.2, 0.25) is 0 Å². The quantitative estimate of drug-likeness (QED) is 0.739. The Kier molecular flexibility index (Phi) is 5.14. The lowest BCUT2D eigenvalue weighted by Crippen LogP contribution is -1.90. The van der Waals surface area contributed by atoms with Gasteiger partial charge in [-0.25, -0.2) is 8.78 Å². The van der Waals surface area contributed by atoms with Crippen LogP contribution in [0.3, 0.4) is 0 Å². The first-order valence-electron chi connectivity index (χ1n) is 5.67. The summed E-state index contributed by atoms with van der Waals surface area (Å²) in [5.74, 6) is 0.0184. The largest absolute Gasteiger partial charge is 0.495 e. The highest BCUT2D eigenvalue weighted by Crippen LogP contribution is 2.46. The Labute approximate surface area is 123 Å². The fourth-order valence-corrected chi connectivity index (χ4v) is 3.94. The summed E-state index contributed by atoms with van der Waals surface area (Å²) >= 11 is 0. The van der Waals surface area contributed by atoms with Crippen molar-refractivity contribution in [3.05, 3.63) is 48.0 Å². The zero-order chi connectivity index (χ0) is 14.5. The third-order valence-electron chi connectivity index (χ3n) is 2.51. The standard InChI is InChI=1S/C14H12F2O2S2/c1-17-11-7-3-5-9(15)13(11)19-20-14-10(16)6-4-8-12(14)18-2/h3-8H,1-2H3. The van der Waals surface area contributed by atoms with Crippen LogP contribution in [-0.2, 0) is 0 Å². The van der Waals surface area contributed by atoms with Gasteiger partial charge in [-0.1, -0.05) is 12.1 Å². The van der Waals surface area contributed by atoms with E-state index in [1.165, 1.54) is 26.4 Å². The van der Waals surface area contributed by atoms with E-state index in [1.807, 2.05) is 0 Å². The van der Waals surface area contributed by atoms with E-state index in [9.17, 15) is 8.78 Å². The topological polar surface area (TPSA) is 18.5 Å². The summed E-state index contributed by atoms with van der Waals surface area (Å²) in [7, 11) is 5.11.